The summed E-state index contributed by atoms with van der Waals surface area (Å²) in [5.41, 5.74) is -1.79. The summed E-state index contributed by atoms with van der Waals surface area (Å²) in [7, 11) is 0. The molecule has 1 unspecified atom stereocenters. The van der Waals surface area contributed by atoms with Gasteiger partial charge in [-0.2, -0.15) is 0 Å². The van der Waals surface area contributed by atoms with E-state index in [9.17, 15) is 19.5 Å². The van der Waals surface area contributed by atoms with Gasteiger partial charge in [0.25, 0.3) is 0 Å². The maximum atomic E-state index is 12.2. The second kappa shape index (κ2) is 7.66. The Morgan fingerprint density at radius 1 is 1.12 bits per heavy atom. The van der Waals surface area contributed by atoms with Crippen LogP contribution in [0.5, 0.6) is 0 Å². The average molecular weight is 355 g/mol. The van der Waals surface area contributed by atoms with Gasteiger partial charge in [-0.25, -0.2) is 4.79 Å². The minimum atomic E-state index is -1.58. The second-order valence-electron chi connectivity index (χ2n) is 6.55. The predicted molar refractivity (Wildman–Crippen MR) is 91.7 cm³/mol. The molecule has 0 heterocycles. The fourth-order valence-electron chi connectivity index (χ4n) is 2.14. The number of carboxylic acid groups (broad SMARTS) is 1. The third kappa shape index (κ3) is 4.71. The van der Waals surface area contributed by atoms with Crippen LogP contribution in [0, 0.1) is 5.41 Å². The summed E-state index contributed by atoms with van der Waals surface area (Å²) in [5.74, 6) is -2.05. The summed E-state index contributed by atoms with van der Waals surface area (Å²) in [5, 5.41) is 15.2. The highest BCUT2D eigenvalue weighted by Crippen LogP contribution is 2.27. The van der Waals surface area contributed by atoms with Crippen LogP contribution in [0.25, 0.3) is 0 Å². The Morgan fingerprint density at radius 2 is 1.67 bits per heavy atom. The number of aliphatic carboxylic acids is 1. The van der Waals surface area contributed by atoms with Gasteiger partial charge < -0.3 is 15.7 Å². The molecular formula is C17H23ClN2O4. The molecule has 0 radical (unpaired) electrons. The Bertz CT molecular complexity index is 622. The van der Waals surface area contributed by atoms with Gasteiger partial charge in [0.05, 0.1) is 6.54 Å². The van der Waals surface area contributed by atoms with Crippen molar-refractivity contribution in [1.82, 2.24) is 10.6 Å². The largest absolute Gasteiger partial charge is 0.479 e. The standard InChI is InChI=1S/C17H23ClN2O4/c1-5-17(15(23)24,11-6-8-12(18)9-7-11)20-13(21)10-19-14(22)16(2,3)4/h6-9H,5,10H2,1-4H3,(H,19,22)(H,20,21)(H,23,24). The van der Waals surface area contributed by atoms with Gasteiger partial charge >= 0.3 is 5.97 Å². The predicted octanol–water partition coefficient (Wildman–Crippen LogP) is 2.31. The van der Waals surface area contributed by atoms with Gasteiger partial charge in [0.15, 0.2) is 5.54 Å². The van der Waals surface area contributed by atoms with Crippen LogP contribution in [0.2, 0.25) is 5.02 Å². The summed E-state index contributed by atoms with van der Waals surface area (Å²) in [6, 6.07) is 6.26. The number of amides is 2. The van der Waals surface area contributed by atoms with Crippen molar-refractivity contribution < 1.29 is 19.5 Å². The number of carbonyl (C=O) groups excluding carboxylic acids is 2. The van der Waals surface area contributed by atoms with Gasteiger partial charge in [-0.05, 0) is 24.1 Å². The van der Waals surface area contributed by atoms with Gasteiger partial charge in [-0.15, -0.1) is 0 Å². The summed E-state index contributed by atoms with van der Waals surface area (Å²) in [6.45, 7) is 6.54. The minimum absolute atomic E-state index is 0.142. The van der Waals surface area contributed by atoms with E-state index in [1.807, 2.05) is 0 Å². The lowest BCUT2D eigenvalue weighted by molar-refractivity contribution is -0.148. The molecule has 3 N–H and O–H groups in total. The Balaban J connectivity index is 2.95. The molecule has 132 valence electrons. The number of hydrogen-bond acceptors (Lipinski definition) is 3. The van der Waals surface area contributed by atoms with Crippen molar-refractivity contribution in [3.63, 3.8) is 0 Å². The molecular weight excluding hydrogens is 332 g/mol. The second-order valence-corrected chi connectivity index (χ2v) is 6.99. The highest BCUT2D eigenvalue weighted by atomic mass is 35.5. The van der Waals surface area contributed by atoms with Gasteiger partial charge in [-0.3, -0.25) is 9.59 Å². The lowest BCUT2D eigenvalue weighted by atomic mass is 9.87. The third-order valence-corrected chi connectivity index (χ3v) is 3.93. The molecule has 0 aliphatic rings. The van der Waals surface area contributed by atoms with Gasteiger partial charge in [0.1, 0.15) is 0 Å². The first-order valence-electron chi connectivity index (χ1n) is 7.61. The van der Waals surface area contributed by atoms with Crippen molar-refractivity contribution in [1.29, 1.82) is 0 Å². The molecule has 0 aliphatic carbocycles. The summed E-state index contributed by atoms with van der Waals surface area (Å²) >= 11 is 5.84. The van der Waals surface area contributed by atoms with Crippen LogP contribution in [0.1, 0.15) is 39.7 Å². The molecule has 6 nitrogen and oxygen atoms in total. The fraction of sp³-hybridized carbons (Fsp3) is 0.471. The molecule has 1 rings (SSSR count). The molecule has 1 aromatic carbocycles. The molecule has 0 spiro atoms. The van der Waals surface area contributed by atoms with Crippen molar-refractivity contribution >= 4 is 29.4 Å². The van der Waals surface area contributed by atoms with E-state index < -0.39 is 22.8 Å². The van der Waals surface area contributed by atoms with E-state index in [-0.39, 0.29) is 18.9 Å². The zero-order valence-electron chi connectivity index (χ0n) is 14.3. The molecule has 0 aliphatic heterocycles. The number of rotatable bonds is 6. The lowest BCUT2D eigenvalue weighted by Gasteiger charge is -2.30. The zero-order valence-corrected chi connectivity index (χ0v) is 15.0. The topological polar surface area (TPSA) is 95.5 Å². The van der Waals surface area contributed by atoms with Crippen molar-refractivity contribution in [2.75, 3.05) is 6.54 Å². The van der Waals surface area contributed by atoms with Crippen LogP contribution in [0.4, 0.5) is 0 Å². The maximum absolute atomic E-state index is 12.2. The van der Waals surface area contributed by atoms with Crippen molar-refractivity contribution in [2.45, 2.75) is 39.7 Å². The maximum Gasteiger partial charge on any atom is 0.334 e. The first kappa shape index (κ1) is 20.0. The molecule has 0 bridgehead atoms. The number of carboxylic acids is 1. The molecule has 24 heavy (non-hydrogen) atoms. The monoisotopic (exact) mass is 354 g/mol. The van der Waals surface area contributed by atoms with Crippen LogP contribution in [-0.2, 0) is 19.9 Å². The number of benzene rings is 1. The average Bonchev–Trinajstić information content (AvgIpc) is 2.50. The van der Waals surface area contributed by atoms with E-state index in [4.69, 9.17) is 11.6 Å². The van der Waals surface area contributed by atoms with E-state index in [0.29, 0.717) is 10.6 Å². The number of carbonyl (C=O) groups is 3. The number of nitrogens with one attached hydrogen (secondary N) is 2. The zero-order chi connectivity index (χ0) is 18.5. The molecule has 0 aromatic heterocycles. The molecule has 0 saturated heterocycles. The van der Waals surface area contributed by atoms with Crippen molar-refractivity contribution in [3.05, 3.63) is 34.9 Å². The quantitative estimate of drug-likeness (QED) is 0.730. The Hall–Kier alpha value is -2.08. The van der Waals surface area contributed by atoms with Crippen LogP contribution < -0.4 is 10.6 Å². The summed E-state index contributed by atoms with van der Waals surface area (Å²) in [4.78, 5) is 35.8. The highest BCUT2D eigenvalue weighted by molar-refractivity contribution is 6.30. The van der Waals surface area contributed by atoms with Crippen molar-refractivity contribution in [3.8, 4) is 0 Å². The summed E-state index contributed by atoms with van der Waals surface area (Å²) < 4.78 is 0. The molecule has 1 atom stereocenters. The van der Waals surface area contributed by atoms with Crippen LogP contribution in [-0.4, -0.2) is 29.4 Å². The Morgan fingerprint density at radius 3 is 2.08 bits per heavy atom. The fourth-order valence-corrected chi connectivity index (χ4v) is 2.26. The van der Waals surface area contributed by atoms with Crippen LogP contribution >= 0.6 is 11.6 Å². The third-order valence-electron chi connectivity index (χ3n) is 3.68. The first-order valence-corrected chi connectivity index (χ1v) is 7.99. The van der Waals surface area contributed by atoms with E-state index in [1.165, 1.54) is 0 Å². The molecule has 0 saturated carbocycles. The SMILES string of the molecule is CCC(NC(=O)CNC(=O)C(C)(C)C)(C(=O)O)c1ccc(Cl)cc1. The Kier molecular flexibility index (Phi) is 6.37. The van der Waals surface area contributed by atoms with E-state index in [2.05, 4.69) is 10.6 Å². The smallest absolute Gasteiger partial charge is 0.334 e. The molecule has 7 heteroatoms. The van der Waals surface area contributed by atoms with Crippen LogP contribution in [0.15, 0.2) is 24.3 Å². The molecule has 0 fully saturated rings. The first-order chi connectivity index (χ1) is 11.0. The number of halogens is 1. The molecule has 1 aromatic rings. The van der Waals surface area contributed by atoms with Gasteiger partial charge in [-0.1, -0.05) is 51.4 Å². The normalized spacial score (nSPS) is 13.7. The molecule has 2 amide bonds. The van der Waals surface area contributed by atoms with E-state index >= 15 is 0 Å². The highest BCUT2D eigenvalue weighted by Gasteiger charge is 2.40. The van der Waals surface area contributed by atoms with Crippen molar-refractivity contribution in [2.24, 2.45) is 5.41 Å². The van der Waals surface area contributed by atoms with E-state index in [1.54, 1.807) is 52.0 Å². The van der Waals surface area contributed by atoms with E-state index in [0.717, 1.165) is 0 Å². The lowest BCUT2D eigenvalue weighted by Crippen LogP contribution is -2.54. The number of hydrogen-bond donors (Lipinski definition) is 3. The van der Waals surface area contributed by atoms with Gasteiger partial charge in [0.2, 0.25) is 11.8 Å². The summed E-state index contributed by atoms with van der Waals surface area (Å²) in [6.07, 6.45) is 0.142. The minimum Gasteiger partial charge on any atom is -0.479 e. The van der Waals surface area contributed by atoms with Gasteiger partial charge in [0, 0.05) is 10.4 Å². The van der Waals surface area contributed by atoms with Crippen LogP contribution in [0.3, 0.4) is 0 Å². The Labute approximate surface area is 146 Å².